The van der Waals surface area contributed by atoms with E-state index >= 15 is 0 Å². The Morgan fingerprint density at radius 1 is 1.12 bits per heavy atom. The van der Waals surface area contributed by atoms with E-state index in [-0.39, 0.29) is 17.3 Å². The Labute approximate surface area is 190 Å². The van der Waals surface area contributed by atoms with Crippen molar-refractivity contribution in [2.75, 3.05) is 24.6 Å². The Morgan fingerprint density at radius 2 is 1.97 bits per heavy atom. The number of nitrogens with zero attached hydrogens (tertiary/aromatic N) is 2. The second kappa shape index (κ2) is 9.51. The van der Waals surface area contributed by atoms with E-state index < -0.39 is 9.84 Å². The van der Waals surface area contributed by atoms with Gasteiger partial charge in [-0.3, -0.25) is 9.88 Å². The van der Waals surface area contributed by atoms with Crippen molar-refractivity contribution < 1.29 is 12.8 Å². The van der Waals surface area contributed by atoms with E-state index in [2.05, 4.69) is 46.3 Å². The van der Waals surface area contributed by atoms with Crippen LogP contribution in [0.25, 0.3) is 11.3 Å². The lowest BCUT2D eigenvalue weighted by Crippen LogP contribution is -2.35. The third-order valence-corrected chi connectivity index (χ3v) is 7.98. The first-order valence-electron chi connectivity index (χ1n) is 11.1. The van der Waals surface area contributed by atoms with Gasteiger partial charge in [0.25, 0.3) is 0 Å². The lowest BCUT2D eigenvalue weighted by atomic mass is 9.90. The molecular formula is C26H29FN2O2S. The Kier molecular flexibility index (Phi) is 6.72. The van der Waals surface area contributed by atoms with Gasteiger partial charge in [-0.1, -0.05) is 37.3 Å². The van der Waals surface area contributed by atoms with Gasteiger partial charge in [-0.15, -0.1) is 0 Å². The lowest BCUT2D eigenvalue weighted by molar-refractivity contribution is 0.268. The Morgan fingerprint density at radius 3 is 2.72 bits per heavy atom. The van der Waals surface area contributed by atoms with Gasteiger partial charge in [-0.25, -0.2) is 12.8 Å². The standard InChI is InChI=1S/C26H29FN2O2S/c1-3-32(30,31)14-13-29-12-11-24-21(5-4-6-22(24)18-29)15-20-8-7-19(2)25(16-20)26-10-9-23(27)17-28-26/h4-10,16-17H,3,11-15,18H2,1-2H3. The third kappa shape index (κ3) is 5.25. The minimum atomic E-state index is -2.95. The first-order valence-corrected chi connectivity index (χ1v) is 12.9. The molecular weight excluding hydrogens is 423 g/mol. The maximum absolute atomic E-state index is 13.3. The number of rotatable bonds is 7. The summed E-state index contributed by atoms with van der Waals surface area (Å²) in [6.07, 6.45) is 3.00. The molecule has 6 heteroatoms. The van der Waals surface area contributed by atoms with E-state index in [1.807, 2.05) is 6.92 Å². The van der Waals surface area contributed by atoms with Gasteiger partial charge < -0.3 is 0 Å². The molecule has 168 valence electrons. The summed E-state index contributed by atoms with van der Waals surface area (Å²) >= 11 is 0. The molecule has 0 saturated heterocycles. The topological polar surface area (TPSA) is 50.3 Å². The number of hydrogen-bond acceptors (Lipinski definition) is 4. The van der Waals surface area contributed by atoms with Gasteiger partial charge >= 0.3 is 0 Å². The number of halogens is 1. The molecule has 0 unspecified atom stereocenters. The van der Waals surface area contributed by atoms with Gasteiger partial charge in [0, 0.05) is 31.0 Å². The number of benzene rings is 2. The van der Waals surface area contributed by atoms with Crippen LogP contribution in [-0.2, 0) is 29.2 Å². The average Bonchev–Trinajstić information content (AvgIpc) is 2.80. The van der Waals surface area contributed by atoms with Gasteiger partial charge in [0.1, 0.15) is 5.82 Å². The number of sulfone groups is 1. The molecule has 1 aliphatic heterocycles. The lowest BCUT2D eigenvalue weighted by Gasteiger charge is -2.30. The van der Waals surface area contributed by atoms with Crippen LogP contribution in [0.15, 0.2) is 54.7 Å². The van der Waals surface area contributed by atoms with Gasteiger partial charge in [-0.05, 0) is 65.8 Å². The Hall–Kier alpha value is -2.57. The van der Waals surface area contributed by atoms with E-state index in [0.29, 0.717) is 6.54 Å². The van der Waals surface area contributed by atoms with E-state index in [0.717, 1.165) is 42.8 Å². The molecule has 4 rings (SSSR count). The zero-order valence-corrected chi connectivity index (χ0v) is 19.5. The first kappa shape index (κ1) is 22.6. The largest absolute Gasteiger partial charge is 0.298 e. The van der Waals surface area contributed by atoms with E-state index in [1.54, 1.807) is 13.0 Å². The Bertz CT molecular complexity index is 1210. The van der Waals surface area contributed by atoms with Crippen LogP contribution in [-0.4, -0.2) is 42.9 Å². The number of hydrogen-bond donors (Lipinski definition) is 0. The fourth-order valence-corrected chi connectivity index (χ4v) is 5.15. The van der Waals surface area contributed by atoms with Crippen molar-refractivity contribution in [1.29, 1.82) is 0 Å². The van der Waals surface area contributed by atoms with Crippen LogP contribution in [0.5, 0.6) is 0 Å². The normalized spacial score (nSPS) is 14.3. The predicted molar refractivity (Wildman–Crippen MR) is 127 cm³/mol. The number of pyridine rings is 1. The van der Waals surface area contributed by atoms with Gasteiger partial charge in [0.2, 0.25) is 0 Å². The molecule has 0 radical (unpaired) electrons. The maximum Gasteiger partial charge on any atom is 0.151 e. The molecule has 0 saturated carbocycles. The first-order chi connectivity index (χ1) is 15.3. The zero-order chi connectivity index (χ0) is 22.7. The van der Waals surface area contributed by atoms with Crippen LogP contribution in [0.4, 0.5) is 4.39 Å². The summed E-state index contributed by atoms with van der Waals surface area (Å²) in [7, 11) is -2.95. The van der Waals surface area contributed by atoms with E-state index in [1.165, 1.54) is 34.5 Å². The summed E-state index contributed by atoms with van der Waals surface area (Å²) in [6, 6.07) is 16.0. The zero-order valence-electron chi connectivity index (χ0n) is 18.6. The van der Waals surface area contributed by atoms with Crippen LogP contribution in [0.1, 0.15) is 34.7 Å². The summed E-state index contributed by atoms with van der Waals surface area (Å²) in [6.45, 7) is 6.01. The fourth-order valence-electron chi connectivity index (χ4n) is 4.33. The summed E-state index contributed by atoms with van der Waals surface area (Å²) in [4.78, 5) is 6.49. The second-order valence-electron chi connectivity index (χ2n) is 8.51. The molecule has 1 aliphatic rings. The van der Waals surface area contributed by atoms with Gasteiger partial charge in [-0.2, -0.15) is 0 Å². The van der Waals surface area contributed by atoms with Crippen LogP contribution < -0.4 is 0 Å². The molecule has 2 heterocycles. The summed E-state index contributed by atoms with van der Waals surface area (Å²) in [5.41, 5.74) is 8.08. The van der Waals surface area contributed by atoms with Crippen LogP contribution in [0.2, 0.25) is 0 Å². The summed E-state index contributed by atoms with van der Waals surface area (Å²) in [5, 5.41) is 0. The number of fused-ring (bicyclic) bond motifs is 1. The number of aromatic nitrogens is 1. The second-order valence-corrected chi connectivity index (χ2v) is 11.0. The monoisotopic (exact) mass is 452 g/mol. The molecule has 4 nitrogen and oxygen atoms in total. The highest BCUT2D eigenvalue weighted by atomic mass is 32.2. The quantitative estimate of drug-likeness (QED) is 0.527. The highest BCUT2D eigenvalue weighted by Gasteiger charge is 2.20. The summed E-state index contributed by atoms with van der Waals surface area (Å²) in [5.74, 6) is 0.0927. The molecule has 1 aromatic heterocycles. The van der Waals surface area contributed by atoms with Crippen molar-refractivity contribution in [3.63, 3.8) is 0 Å². The maximum atomic E-state index is 13.3. The van der Waals surface area contributed by atoms with Crippen LogP contribution in [0, 0.1) is 12.7 Å². The minimum absolute atomic E-state index is 0.202. The molecule has 0 aliphatic carbocycles. The van der Waals surface area contributed by atoms with Crippen molar-refractivity contribution in [2.24, 2.45) is 0 Å². The molecule has 0 atom stereocenters. The highest BCUT2D eigenvalue weighted by molar-refractivity contribution is 7.91. The Balaban J connectivity index is 1.53. The SMILES string of the molecule is CCS(=O)(=O)CCN1CCc2c(Cc3ccc(C)c(-c4ccc(F)cn4)c3)cccc2C1. The fraction of sp³-hybridized carbons (Fsp3) is 0.346. The van der Waals surface area contributed by atoms with Crippen LogP contribution >= 0.6 is 0 Å². The molecule has 0 amide bonds. The van der Waals surface area contributed by atoms with Crippen LogP contribution in [0.3, 0.4) is 0 Å². The molecule has 0 bridgehead atoms. The molecule has 3 aromatic rings. The van der Waals surface area contributed by atoms with E-state index in [9.17, 15) is 12.8 Å². The van der Waals surface area contributed by atoms with Crippen molar-refractivity contribution in [1.82, 2.24) is 9.88 Å². The van der Waals surface area contributed by atoms with E-state index in [4.69, 9.17) is 0 Å². The van der Waals surface area contributed by atoms with Gasteiger partial charge in [0.15, 0.2) is 9.84 Å². The highest BCUT2D eigenvalue weighted by Crippen LogP contribution is 2.28. The van der Waals surface area contributed by atoms with Crippen molar-refractivity contribution in [3.05, 3.63) is 88.4 Å². The third-order valence-electron chi connectivity index (χ3n) is 6.30. The van der Waals surface area contributed by atoms with Crippen molar-refractivity contribution in [3.8, 4) is 11.3 Å². The average molecular weight is 453 g/mol. The molecule has 0 fully saturated rings. The minimum Gasteiger partial charge on any atom is -0.298 e. The summed E-state index contributed by atoms with van der Waals surface area (Å²) < 4.78 is 37.0. The predicted octanol–water partition coefficient (Wildman–Crippen LogP) is 4.58. The number of aryl methyl sites for hydroxylation is 1. The molecule has 32 heavy (non-hydrogen) atoms. The van der Waals surface area contributed by atoms with Gasteiger partial charge in [0.05, 0.1) is 17.6 Å². The smallest absolute Gasteiger partial charge is 0.151 e. The molecule has 0 spiro atoms. The molecule has 0 N–H and O–H groups in total. The van der Waals surface area contributed by atoms with Crippen molar-refractivity contribution >= 4 is 9.84 Å². The van der Waals surface area contributed by atoms with Crippen molar-refractivity contribution in [2.45, 2.75) is 33.2 Å². The molecule has 2 aromatic carbocycles.